The van der Waals surface area contributed by atoms with Gasteiger partial charge in [0.2, 0.25) is 0 Å². The van der Waals surface area contributed by atoms with Gasteiger partial charge in [-0.2, -0.15) is 5.10 Å². The third kappa shape index (κ3) is 2.13. The summed E-state index contributed by atoms with van der Waals surface area (Å²) in [5.41, 5.74) is 1.42. The van der Waals surface area contributed by atoms with E-state index in [0.29, 0.717) is 16.1 Å². The summed E-state index contributed by atoms with van der Waals surface area (Å²) in [7, 11) is 0. The molecule has 5 nitrogen and oxygen atoms in total. The van der Waals surface area contributed by atoms with Crippen LogP contribution in [-0.4, -0.2) is 19.3 Å². The van der Waals surface area contributed by atoms with E-state index in [1.165, 1.54) is 12.8 Å². The molecule has 1 aromatic carbocycles. The van der Waals surface area contributed by atoms with E-state index in [1.54, 1.807) is 33.9 Å². The maximum absolute atomic E-state index is 12.7. The Hall–Kier alpha value is -2.14. The predicted octanol–water partition coefficient (Wildman–Crippen LogP) is 3.35. The third-order valence-electron chi connectivity index (χ3n) is 4.30. The minimum absolute atomic E-state index is 0.00267. The van der Waals surface area contributed by atoms with Gasteiger partial charge in [-0.25, -0.2) is 9.67 Å². The second-order valence-electron chi connectivity index (χ2n) is 5.67. The van der Waals surface area contributed by atoms with E-state index >= 15 is 0 Å². The lowest BCUT2D eigenvalue weighted by Gasteiger charge is -2.12. The molecule has 1 saturated carbocycles. The molecular formula is C16H15ClN4O. The average Bonchev–Trinajstić information content (AvgIpc) is 3.18. The molecule has 1 aliphatic rings. The van der Waals surface area contributed by atoms with E-state index in [-0.39, 0.29) is 11.6 Å². The van der Waals surface area contributed by atoms with Crippen LogP contribution in [0.5, 0.6) is 0 Å². The fourth-order valence-corrected chi connectivity index (χ4v) is 3.27. The summed E-state index contributed by atoms with van der Waals surface area (Å²) in [5.74, 6) is 0. The first-order chi connectivity index (χ1) is 10.7. The van der Waals surface area contributed by atoms with Crippen LogP contribution in [-0.2, 0) is 0 Å². The summed E-state index contributed by atoms with van der Waals surface area (Å²) in [6.45, 7) is 0. The molecule has 4 rings (SSSR count). The van der Waals surface area contributed by atoms with E-state index in [2.05, 4.69) is 10.1 Å². The van der Waals surface area contributed by atoms with Crippen molar-refractivity contribution in [2.24, 2.45) is 0 Å². The molecule has 0 aliphatic heterocycles. The van der Waals surface area contributed by atoms with Crippen LogP contribution in [0.3, 0.4) is 0 Å². The van der Waals surface area contributed by atoms with Gasteiger partial charge in [-0.3, -0.25) is 9.36 Å². The van der Waals surface area contributed by atoms with Gasteiger partial charge in [0, 0.05) is 11.1 Å². The molecule has 0 spiro atoms. The Labute approximate surface area is 132 Å². The van der Waals surface area contributed by atoms with Gasteiger partial charge in [0.05, 0.1) is 11.9 Å². The third-order valence-corrected chi connectivity index (χ3v) is 4.55. The maximum Gasteiger partial charge on any atom is 0.264 e. The minimum atomic E-state index is -0.00267. The Morgan fingerprint density at radius 3 is 2.59 bits per heavy atom. The van der Waals surface area contributed by atoms with Crippen LogP contribution in [0.2, 0.25) is 5.02 Å². The van der Waals surface area contributed by atoms with E-state index in [9.17, 15) is 4.79 Å². The second-order valence-corrected chi connectivity index (χ2v) is 6.10. The first-order valence-electron chi connectivity index (χ1n) is 7.45. The maximum atomic E-state index is 12.7. The zero-order valence-electron chi connectivity index (χ0n) is 11.9. The summed E-state index contributed by atoms with van der Waals surface area (Å²) < 4.78 is 3.44. The highest BCUT2D eigenvalue weighted by atomic mass is 35.5. The van der Waals surface area contributed by atoms with E-state index in [0.717, 1.165) is 18.5 Å². The number of hydrogen-bond acceptors (Lipinski definition) is 3. The van der Waals surface area contributed by atoms with Crippen molar-refractivity contribution in [2.45, 2.75) is 31.7 Å². The van der Waals surface area contributed by atoms with Crippen molar-refractivity contribution in [2.75, 3.05) is 0 Å². The first-order valence-corrected chi connectivity index (χ1v) is 7.82. The van der Waals surface area contributed by atoms with Crippen LogP contribution in [0.25, 0.3) is 16.7 Å². The van der Waals surface area contributed by atoms with Crippen LogP contribution >= 0.6 is 11.6 Å². The van der Waals surface area contributed by atoms with Crippen molar-refractivity contribution in [3.63, 3.8) is 0 Å². The molecule has 0 amide bonds. The summed E-state index contributed by atoms with van der Waals surface area (Å²) in [6, 6.07) is 7.59. The average molecular weight is 315 g/mol. The zero-order valence-corrected chi connectivity index (χ0v) is 12.7. The number of aromatic nitrogens is 4. The fraction of sp³-hybridized carbons (Fsp3) is 0.312. The van der Waals surface area contributed by atoms with Crippen molar-refractivity contribution in [1.82, 2.24) is 19.3 Å². The van der Waals surface area contributed by atoms with Gasteiger partial charge in [-0.05, 0) is 37.1 Å². The SMILES string of the molecule is O=c1c2cnn(-c3ccc(Cl)cc3)c2ncn1C1CCCC1. The molecule has 2 aromatic heterocycles. The lowest BCUT2D eigenvalue weighted by Crippen LogP contribution is -2.23. The molecule has 0 unspecified atom stereocenters. The molecule has 22 heavy (non-hydrogen) atoms. The quantitative estimate of drug-likeness (QED) is 0.729. The minimum Gasteiger partial charge on any atom is -0.295 e. The highest BCUT2D eigenvalue weighted by Gasteiger charge is 2.20. The molecule has 3 aromatic rings. The molecule has 0 N–H and O–H groups in total. The van der Waals surface area contributed by atoms with Gasteiger partial charge in [0.15, 0.2) is 5.65 Å². The van der Waals surface area contributed by atoms with Gasteiger partial charge in [-0.15, -0.1) is 0 Å². The zero-order chi connectivity index (χ0) is 15.1. The standard InChI is InChI=1S/C16H15ClN4O/c17-11-5-7-13(8-6-11)21-15-14(9-19-21)16(22)20(10-18-15)12-3-1-2-4-12/h5-10,12H,1-4H2. The number of nitrogens with zero attached hydrogens (tertiary/aromatic N) is 4. The Kier molecular flexibility index (Phi) is 3.22. The van der Waals surface area contributed by atoms with Crippen molar-refractivity contribution in [1.29, 1.82) is 0 Å². The fourth-order valence-electron chi connectivity index (χ4n) is 3.14. The highest BCUT2D eigenvalue weighted by molar-refractivity contribution is 6.30. The number of benzene rings is 1. The Morgan fingerprint density at radius 2 is 1.86 bits per heavy atom. The predicted molar refractivity (Wildman–Crippen MR) is 85.6 cm³/mol. The molecule has 0 radical (unpaired) electrons. The lowest BCUT2D eigenvalue weighted by atomic mass is 10.2. The van der Waals surface area contributed by atoms with Gasteiger partial charge in [0.1, 0.15) is 11.7 Å². The van der Waals surface area contributed by atoms with E-state index in [1.807, 2.05) is 12.1 Å². The van der Waals surface area contributed by atoms with E-state index < -0.39 is 0 Å². The molecule has 112 valence electrons. The molecular weight excluding hydrogens is 300 g/mol. The van der Waals surface area contributed by atoms with Gasteiger partial charge >= 0.3 is 0 Å². The van der Waals surface area contributed by atoms with Crippen LogP contribution in [0, 0.1) is 0 Å². The van der Waals surface area contributed by atoms with Crippen LogP contribution < -0.4 is 5.56 Å². The van der Waals surface area contributed by atoms with Crippen LogP contribution in [0.15, 0.2) is 41.6 Å². The van der Waals surface area contributed by atoms with Gasteiger partial charge in [0.25, 0.3) is 5.56 Å². The molecule has 1 fully saturated rings. The van der Waals surface area contributed by atoms with E-state index in [4.69, 9.17) is 11.6 Å². The second kappa shape index (κ2) is 5.25. The van der Waals surface area contributed by atoms with Crippen molar-refractivity contribution in [3.05, 3.63) is 52.2 Å². The summed E-state index contributed by atoms with van der Waals surface area (Å²) in [5, 5.41) is 5.54. The van der Waals surface area contributed by atoms with Crippen molar-refractivity contribution in [3.8, 4) is 5.69 Å². The number of rotatable bonds is 2. The molecule has 2 heterocycles. The van der Waals surface area contributed by atoms with Gasteiger partial charge in [-0.1, -0.05) is 24.4 Å². The van der Waals surface area contributed by atoms with Crippen LogP contribution in [0.4, 0.5) is 0 Å². The monoisotopic (exact) mass is 314 g/mol. The largest absolute Gasteiger partial charge is 0.295 e. The van der Waals surface area contributed by atoms with Crippen molar-refractivity contribution >= 4 is 22.6 Å². The van der Waals surface area contributed by atoms with Crippen LogP contribution in [0.1, 0.15) is 31.7 Å². The topological polar surface area (TPSA) is 52.7 Å². The summed E-state index contributed by atoms with van der Waals surface area (Å²) >= 11 is 5.91. The molecule has 0 bridgehead atoms. The molecule has 1 aliphatic carbocycles. The number of fused-ring (bicyclic) bond motifs is 1. The Balaban J connectivity index is 1.84. The molecule has 6 heteroatoms. The Morgan fingerprint density at radius 1 is 1.14 bits per heavy atom. The number of hydrogen-bond donors (Lipinski definition) is 0. The molecule has 0 atom stereocenters. The lowest BCUT2D eigenvalue weighted by molar-refractivity contribution is 0.499. The van der Waals surface area contributed by atoms with Gasteiger partial charge < -0.3 is 0 Å². The highest BCUT2D eigenvalue weighted by Crippen LogP contribution is 2.28. The smallest absolute Gasteiger partial charge is 0.264 e. The number of halogens is 1. The van der Waals surface area contributed by atoms with Crippen molar-refractivity contribution < 1.29 is 0 Å². The first kappa shape index (κ1) is 13.5. The molecule has 0 saturated heterocycles. The summed E-state index contributed by atoms with van der Waals surface area (Å²) in [6.07, 6.45) is 7.73. The Bertz CT molecular complexity index is 875. The normalized spacial score (nSPS) is 15.7. The summed E-state index contributed by atoms with van der Waals surface area (Å²) in [4.78, 5) is 17.1.